The number of carbonyl (C=O) groups is 1. The lowest BCUT2D eigenvalue weighted by Crippen LogP contribution is -2.45. The minimum absolute atomic E-state index is 0.00170. The lowest BCUT2D eigenvalue weighted by atomic mass is 10.1. The van der Waals surface area contributed by atoms with Crippen LogP contribution in [0.3, 0.4) is 0 Å². The Morgan fingerprint density at radius 3 is 2.28 bits per heavy atom. The highest BCUT2D eigenvalue weighted by molar-refractivity contribution is 7.89. The summed E-state index contributed by atoms with van der Waals surface area (Å²) in [6, 6.07) is 20.7. The zero-order chi connectivity index (χ0) is 23.1. The number of benzene rings is 3. The zero-order valence-electron chi connectivity index (χ0n) is 18.5. The highest BCUT2D eigenvalue weighted by Gasteiger charge is 2.28. The van der Waals surface area contributed by atoms with E-state index in [-0.39, 0.29) is 17.1 Å². The molecule has 0 bridgehead atoms. The maximum Gasteiger partial charge on any atom is 0.245 e. The molecule has 1 amide bonds. The fourth-order valence-corrected chi connectivity index (χ4v) is 4.78. The molecule has 3 aromatic rings. The van der Waals surface area contributed by atoms with Crippen LogP contribution in [0.15, 0.2) is 77.7 Å². The molecule has 168 valence electrons. The number of nitrogens with one attached hydrogen (secondary N) is 2. The van der Waals surface area contributed by atoms with Crippen molar-refractivity contribution in [3.63, 3.8) is 0 Å². The maximum absolute atomic E-state index is 13.2. The van der Waals surface area contributed by atoms with E-state index in [2.05, 4.69) is 17.0 Å². The second-order valence-corrected chi connectivity index (χ2v) is 9.24. The number of ether oxygens (including phenoxy) is 1. The molecule has 0 aliphatic rings. The molecule has 3 rings (SSSR count). The summed E-state index contributed by atoms with van der Waals surface area (Å²) in [4.78, 5) is 13.1. The number of anilines is 1. The van der Waals surface area contributed by atoms with Crippen molar-refractivity contribution in [1.82, 2.24) is 4.72 Å². The lowest BCUT2D eigenvalue weighted by molar-refractivity contribution is -0.117. The molecule has 0 heterocycles. The molecule has 2 N–H and O–H groups in total. The molecule has 0 aliphatic carbocycles. The molecule has 32 heavy (non-hydrogen) atoms. The van der Waals surface area contributed by atoms with Gasteiger partial charge in [-0.05, 0) is 60.7 Å². The van der Waals surface area contributed by atoms with Gasteiger partial charge in [-0.2, -0.15) is 4.72 Å². The molecule has 6 nitrogen and oxygen atoms in total. The highest BCUT2D eigenvalue weighted by atomic mass is 32.2. The van der Waals surface area contributed by atoms with Gasteiger partial charge in [-0.25, -0.2) is 8.42 Å². The number of hydrogen-bond acceptors (Lipinski definition) is 4. The highest BCUT2D eigenvalue weighted by Crippen LogP contribution is 2.25. The third-order valence-corrected chi connectivity index (χ3v) is 6.63. The number of aryl methyl sites for hydroxylation is 2. The molecule has 0 aromatic heterocycles. The topological polar surface area (TPSA) is 84.5 Å². The molecule has 0 radical (unpaired) electrons. The molecule has 1 unspecified atom stereocenters. The van der Waals surface area contributed by atoms with Crippen LogP contribution in [0.2, 0.25) is 0 Å². The van der Waals surface area contributed by atoms with Crippen molar-refractivity contribution in [2.45, 2.75) is 37.6 Å². The van der Waals surface area contributed by atoms with Gasteiger partial charge in [0.25, 0.3) is 0 Å². The van der Waals surface area contributed by atoms with E-state index in [0.29, 0.717) is 5.69 Å². The number of sulfonamides is 1. The van der Waals surface area contributed by atoms with Gasteiger partial charge in [-0.3, -0.25) is 4.79 Å². The fraction of sp³-hybridized carbons (Fsp3) is 0.240. The lowest BCUT2D eigenvalue weighted by Gasteiger charge is -2.20. The Bertz CT molecular complexity index is 1160. The van der Waals surface area contributed by atoms with E-state index in [4.69, 9.17) is 4.74 Å². The standard InChI is InChI=1S/C25H28N2O4S/c1-4-19-11-13-21(14-12-19)26-25(28)22(17-20-8-6-5-7-9-20)27-32(29,30)24-16-18(2)10-15-23(24)31-3/h5-16,22,27H,4,17H2,1-3H3,(H,26,28). The Morgan fingerprint density at radius 1 is 0.969 bits per heavy atom. The van der Waals surface area contributed by atoms with Gasteiger partial charge < -0.3 is 10.1 Å². The van der Waals surface area contributed by atoms with E-state index in [1.165, 1.54) is 13.2 Å². The smallest absolute Gasteiger partial charge is 0.245 e. The molecule has 0 saturated heterocycles. The van der Waals surface area contributed by atoms with E-state index in [0.717, 1.165) is 23.1 Å². The van der Waals surface area contributed by atoms with Crippen molar-refractivity contribution in [3.05, 3.63) is 89.5 Å². The summed E-state index contributed by atoms with van der Waals surface area (Å²) in [6.07, 6.45) is 1.09. The van der Waals surface area contributed by atoms with Crippen LogP contribution in [0.25, 0.3) is 0 Å². The first-order chi connectivity index (χ1) is 15.3. The maximum atomic E-state index is 13.2. The normalized spacial score (nSPS) is 12.2. The van der Waals surface area contributed by atoms with Crippen LogP contribution in [0, 0.1) is 6.92 Å². The van der Waals surface area contributed by atoms with Crippen molar-refractivity contribution >= 4 is 21.6 Å². The summed E-state index contributed by atoms with van der Waals surface area (Å²) in [5, 5.41) is 2.83. The minimum Gasteiger partial charge on any atom is -0.495 e. The molecular weight excluding hydrogens is 424 g/mol. The summed E-state index contributed by atoms with van der Waals surface area (Å²) in [7, 11) is -2.61. The molecular formula is C25H28N2O4S. The van der Waals surface area contributed by atoms with Crippen molar-refractivity contribution in [1.29, 1.82) is 0 Å². The Labute approximate surface area is 189 Å². The van der Waals surface area contributed by atoms with Gasteiger partial charge in [0.1, 0.15) is 16.7 Å². The van der Waals surface area contributed by atoms with E-state index in [1.807, 2.05) is 54.6 Å². The molecule has 0 saturated carbocycles. The van der Waals surface area contributed by atoms with Gasteiger partial charge in [0.15, 0.2) is 0 Å². The van der Waals surface area contributed by atoms with E-state index in [9.17, 15) is 13.2 Å². The number of amides is 1. The Kier molecular flexibility index (Phi) is 7.66. The van der Waals surface area contributed by atoms with Gasteiger partial charge in [0.05, 0.1) is 7.11 Å². The third kappa shape index (κ3) is 5.96. The predicted molar refractivity (Wildman–Crippen MR) is 126 cm³/mol. The molecule has 1 atom stereocenters. The first-order valence-corrected chi connectivity index (χ1v) is 11.9. The van der Waals surface area contributed by atoms with Crippen molar-refractivity contribution in [2.24, 2.45) is 0 Å². The first-order valence-electron chi connectivity index (χ1n) is 10.4. The number of carbonyl (C=O) groups excluding carboxylic acids is 1. The largest absolute Gasteiger partial charge is 0.495 e. The fourth-order valence-electron chi connectivity index (χ4n) is 3.34. The molecule has 0 aliphatic heterocycles. The van der Waals surface area contributed by atoms with Crippen molar-refractivity contribution in [3.8, 4) is 5.75 Å². The Balaban J connectivity index is 1.89. The molecule has 7 heteroatoms. The second-order valence-electron chi connectivity index (χ2n) is 7.56. The summed E-state index contributed by atoms with van der Waals surface area (Å²) in [6.45, 7) is 3.85. The van der Waals surface area contributed by atoms with Crippen LogP contribution >= 0.6 is 0 Å². The summed E-state index contributed by atoms with van der Waals surface area (Å²) >= 11 is 0. The van der Waals surface area contributed by atoms with Crippen LogP contribution in [0.1, 0.15) is 23.6 Å². The average molecular weight is 453 g/mol. The monoisotopic (exact) mass is 452 g/mol. The average Bonchev–Trinajstić information content (AvgIpc) is 2.79. The quantitative estimate of drug-likeness (QED) is 0.512. The van der Waals surface area contributed by atoms with Gasteiger partial charge in [0.2, 0.25) is 15.9 Å². The predicted octanol–water partition coefficient (Wildman–Crippen LogP) is 4.09. The van der Waals surface area contributed by atoms with E-state index in [1.54, 1.807) is 19.1 Å². The van der Waals surface area contributed by atoms with E-state index < -0.39 is 22.0 Å². The van der Waals surface area contributed by atoms with Crippen LogP contribution in [-0.2, 0) is 27.7 Å². The van der Waals surface area contributed by atoms with Crippen LogP contribution in [0.4, 0.5) is 5.69 Å². The van der Waals surface area contributed by atoms with Gasteiger partial charge in [-0.1, -0.05) is 55.5 Å². The van der Waals surface area contributed by atoms with Gasteiger partial charge in [-0.15, -0.1) is 0 Å². The summed E-state index contributed by atoms with van der Waals surface area (Å²) < 4.78 is 34.3. The van der Waals surface area contributed by atoms with Gasteiger partial charge >= 0.3 is 0 Å². The summed E-state index contributed by atoms with van der Waals surface area (Å²) in [5.74, 6) is -0.217. The van der Waals surface area contributed by atoms with Crippen LogP contribution in [-0.4, -0.2) is 27.5 Å². The Morgan fingerprint density at radius 2 is 1.66 bits per heavy atom. The number of rotatable bonds is 9. The first kappa shape index (κ1) is 23.5. The number of methoxy groups -OCH3 is 1. The SMILES string of the molecule is CCc1ccc(NC(=O)C(Cc2ccccc2)NS(=O)(=O)c2cc(C)ccc2OC)cc1. The summed E-state index contributed by atoms with van der Waals surface area (Å²) in [5.41, 5.74) is 3.37. The molecule has 0 spiro atoms. The second kappa shape index (κ2) is 10.4. The van der Waals surface area contributed by atoms with Crippen LogP contribution in [0.5, 0.6) is 5.75 Å². The molecule has 0 fully saturated rings. The Hall–Kier alpha value is -3.16. The zero-order valence-corrected chi connectivity index (χ0v) is 19.3. The van der Waals surface area contributed by atoms with E-state index >= 15 is 0 Å². The van der Waals surface area contributed by atoms with Crippen molar-refractivity contribution < 1.29 is 17.9 Å². The minimum atomic E-state index is -4.03. The van der Waals surface area contributed by atoms with Crippen LogP contribution < -0.4 is 14.8 Å². The number of hydrogen-bond donors (Lipinski definition) is 2. The van der Waals surface area contributed by atoms with Gasteiger partial charge in [0, 0.05) is 5.69 Å². The van der Waals surface area contributed by atoms with Crippen molar-refractivity contribution in [2.75, 3.05) is 12.4 Å². The third-order valence-electron chi connectivity index (χ3n) is 5.13. The molecule has 3 aromatic carbocycles.